The van der Waals surface area contributed by atoms with Crippen LogP contribution in [0.3, 0.4) is 0 Å². The van der Waals surface area contributed by atoms with Gasteiger partial charge in [-0.25, -0.2) is 4.98 Å². The van der Waals surface area contributed by atoms with Crippen LogP contribution in [0, 0.1) is 0 Å². The molecule has 1 saturated heterocycles. The second-order valence-electron chi connectivity index (χ2n) is 8.31. The van der Waals surface area contributed by atoms with Crippen LogP contribution in [0.2, 0.25) is 0 Å². The van der Waals surface area contributed by atoms with E-state index in [1.54, 1.807) is 31.3 Å². The lowest BCUT2D eigenvalue weighted by atomic mass is 10.1. The fraction of sp³-hybridized carbons (Fsp3) is 0.320. The van der Waals surface area contributed by atoms with Gasteiger partial charge in [-0.1, -0.05) is 0 Å². The van der Waals surface area contributed by atoms with Crippen molar-refractivity contribution in [3.63, 3.8) is 0 Å². The van der Waals surface area contributed by atoms with Gasteiger partial charge in [-0.15, -0.1) is 0 Å². The Bertz CT molecular complexity index is 1240. The summed E-state index contributed by atoms with van der Waals surface area (Å²) in [6.45, 7) is 1.88. The highest BCUT2D eigenvalue weighted by molar-refractivity contribution is 5.82. The molecule has 8 heteroatoms. The number of rotatable bonds is 7. The lowest BCUT2D eigenvalue weighted by molar-refractivity contribution is 0.394. The molecule has 0 radical (unpaired) electrons. The first-order chi connectivity index (χ1) is 16.1. The van der Waals surface area contributed by atoms with E-state index >= 15 is 0 Å². The lowest BCUT2D eigenvalue weighted by Gasteiger charge is -2.29. The standard InChI is InChI=1S/C25H28N6O2/c1-30-15-17(13-28-30)25-14-27-23-7-6-19(11-24(23)29-25)31(16-18-5-4-8-26-18)20-9-21(32-2)12-22(10-20)33-3/h6-7,9-15,18,26H,4-5,8,16H2,1-3H3. The zero-order valence-corrected chi connectivity index (χ0v) is 19.2. The van der Waals surface area contributed by atoms with E-state index in [9.17, 15) is 0 Å². The fourth-order valence-electron chi connectivity index (χ4n) is 4.30. The first-order valence-electron chi connectivity index (χ1n) is 11.1. The Morgan fingerprint density at radius 3 is 2.52 bits per heavy atom. The smallest absolute Gasteiger partial charge is 0.124 e. The van der Waals surface area contributed by atoms with Gasteiger partial charge in [-0.05, 0) is 37.6 Å². The zero-order chi connectivity index (χ0) is 22.8. The van der Waals surface area contributed by atoms with Gasteiger partial charge in [0.25, 0.3) is 0 Å². The Kier molecular flexibility index (Phi) is 5.83. The molecule has 1 fully saturated rings. The highest BCUT2D eigenvalue weighted by Gasteiger charge is 2.21. The van der Waals surface area contributed by atoms with E-state index in [1.807, 2.05) is 37.5 Å². The van der Waals surface area contributed by atoms with Gasteiger partial charge in [0.1, 0.15) is 11.5 Å². The monoisotopic (exact) mass is 444 g/mol. The molecule has 0 aliphatic carbocycles. The van der Waals surface area contributed by atoms with Crippen LogP contribution >= 0.6 is 0 Å². The van der Waals surface area contributed by atoms with E-state index in [2.05, 4.69) is 32.4 Å². The number of ether oxygens (including phenoxy) is 2. The summed E-state index contributed by atoms with van der Waals surface area (Å²) in [6, 6.07) is 12.6. The van der Waals surface area contributed by atoms with Crippen molar-refractivity contribution in [2.24, 2.45) is 7.05 Å². The van der Waals surface area contributed by atoms with Gasteiger partial charge in [0.15, 0.2) is 0 Å². The second-order valence-corrected chi connectivity index (χ2v) is 8.31. The van der Waals surface area contributed by atoms with E-state index in [4.69, 9.17) is 14.5 Å². The summed E-state index contributed by atoms with van der Waals surface area (Å²) >= 11 is 0. The predicted octanol–water partition coefficient (Wildman–Crippen LogP) is 3.94. The van der Waals surface area contributed by atoms with Gasteiger partial charge >= 0.3 is 0 Å². The minimum Gasteiger partial charge on any atom is -0.497 e. The molecule has 4 aromatic rings. The molecule has 3 heterocycles. The number of nitrogens with one attached hydrogen (secondary N) is 1. The molecule has 0 bridgehead atoms. The number of nitrogens with zero attached hydrogens (tertiary/aromatic N) is 5. The Hall–Kier alpha value is -3.65. The summed E-state index contributed by atoms with van der Waals surface area (Å²) in [4.78, 5) is 11.8. The van der Waals surface area contributed by atoms with Gasteiger partial charge in [-0.2, -0.15) is 5.10 Å². The van der Waals surface area contributed by atoms with Crippen LogP contribution in [0.1, 0.15) is 12.8 Å². The van der Waals surface area contributed by atoms with Crippen molar-refractivity contribution in [3.8, 4) is 22.8 Å². The van der Waals surface area contributed by atoms with Crippen LogP contribution in [0.5, 0.6) is 11.5 Å². The molecule has 5 rings (SSSR count). The van der Waals surface area contributed by atoms with Crippen molar-refractivity contribution in [3.05, 3.63) is 55.0 Å². The maximum absolute atomic E-state index is 5.54. The fourth-order valence-corrected chi connectivity index (χ4v) is 4.30. The molecular formula is C25H28N6O2. The molecule has 0 saturated carbocycles. The average Bonchev–Trinajstić information content (AvgIpc) is 3.53. The van der Waals surface area contributed by atoms with Crippen molar-refractivity contribution in [1.29, 1.82) is 0 Å². The third-order valence-electron chi connectivity index (χ3n) is 6.05. The van der Waals surface area contributed by atoms with Crippen LogP contribution in [0.4, 0.5) is 11.4 Å². The number of aromatic nitrogens is 4. The number of hydrogen-bond acceptors (Lipinski definition) is 7. The van der Waals surface area contributed by atoms with Crippen molar-refractivity contribution >= 4 is 22.4 Å². The number of anilines is 2. The summed E-state index contributed by atoms with van der Waals surface area (Å²) in [7, 11) is 5.24. The van der Waals surface area contributed by atoms with Crippen molar-refractivity contribution in [2.75, 3.05) is 32.2 Å². The quantitative estimate of drug-likeness (QED) is 0.463. The van der Waals surface area contributed by atoms with E-state index in [-0.39, 0.29) is 0 Å². The van der Waals surface area contributed by atoms with Crippen molar-refractivity contribution in [2.45, 2.75) is 18.9 Å². The SMILES string of the molecule is COc1cc(OC)cc(N(CC2CCCN2)c2ccc3ncc(-c4cnn(C)c4)nc3c2)c1. The van der Waals surface area contributed by atoms with Crippen LogP contribution < -0.4 is 19.7 Å². The molecule has 8 nitrogen and oxygen atoms in total. The average molecular weight is 445 g/mol. The van der Waals surface area contributed by atoms with Gasteiger partial charge < -0.3 is 19.7 Å². The predicted molar refractivity (Wildman–Crippen MR) is 129 cm³/mol. The number of benzene rings is 2. The van der Waals surface area contributed by atoms with Gasteiger partial charge in [0, 0.05) is 61.0 Å². The Labute approximate surface area is 193 Å². The summed E-state index contributed by atoms with van der Waals surface area (Å²) in [5.74, 6) is 1.52. The first-order valence-corrected chi connectivity index (χ1v) is 11.1. The highest BCUT2D eigenvalue weighted by Crippen LogP contribution is 2.34. The van der Waals surface area contributed by atoms with Crippen LogP contribution in [0.25, 0.3) is 22.3 Å². The molecule has 33 heavy (non-hydrogen) atoms. The molecule has 1 atom stereocenters. The Morgan fingerprint density at radius 2 is 1.85 bits per heavy atom. The number of methoxy groups -OCH3 is 2. The van der Waals surface area contributed by atoms with Gasteiger partial charge in [0.05, 0.1) is 43.3 Å². The number of fused-ring (bicyclic) bond motifs is 1. The van der Waals surface area contributed by atoms with Gasteiger partial charge in [-0.3, -0.25) is 9.67 Å². The summed E-state index contributed by atoms with van der Waals surface area (Å²) in [5.41, 5.74) is 5.50. The molecule has 1 unspecified atom stereocenters. The normalized spacial score (nSPS) is 15.7. The first kappa shape index (κ1) is 21.2. The van der Waals surface area contributed by atoms with Crippen LogP contribution in [0.15, 0.2) is 55.0 Å². The molecule has 0 spiro atoms. The van der Waals surface area contributed by atoms with E-state index in [0.717, 1.165) is 64.7 Å². The molecular weight excluding hydrogens is 416 g/mol. The zero-order valence-electron chi connectivity index (χ0n) is 19.2. The number of hydrogen-bond donors (Lipinski definition) is 1. The maximum Gasteiger partial charge on any atom is 0.124 e. The van der Waals surface area contributed by atoms with Gasteiger partial charge in [0.2, 0.25) is 0 Å². The van der Waals surface area contributed by atoms with E-state index in [0.29, 0.717) is 6.04 Å². The molecule has 170 valence electrons. The molecule has 2 aromatic carbocycles. The third-order valence-corrected chi connectivity index (χ3v) is 6.05. The van der Waals surface area contributed by atoms with Crippen LogP contribution in [-0.4, -0.2) is 53.1 Å². The topological polar surface area (TPSA) is 77.3 Å². The second kappa shape index (κ2) is 9.07. The highest BCUT2D eigenvalue weighted by atomic mass is 16.5. The molecule has 2 aromatic heterocycles. The molecule has 1 aliphatic heterocycles. The summed E-state index contributed by atoms with van der Waals surface area (Å²) in [5, 5.41) is 7.87. The lowest BCUT2D eigenvalue weighted by Crippen LogP contribution is -2.35. The number of aryl methyl sites for hydroxylation is 1. The van der Waals surface area contributed by atoms with E-state index in [1.165, 1.54) is 6.42 Å². The van der Waals surface area contributed by atoms with Crippen molar-refractivity contribution < 1.29 is 9.47 Å². The third kappa shape index (κ3) is 4.47. The molecule has 0 amide bonds. The van der Waals surface area contributed by atoms with Crippen molar-refractivity contribution in [1.82, 2.24) is 25.1 Å². The summed E-state index contributed by atoms with van der Waals surface area (Å²) in [6.07, 6.45) is 7.89. The molecule has 1 N–H and O–H groups in total. The summed E-state index contributed by atoms with van der Waals surface area (Å²) < 4.78 is 12.8. The maximum atomic E-state index is 5.54. The minimum atomic E-state index is 0.408. The molecule has 1 aliphatic rings. The largest absolute Gasteiger partial charge is 0.497 e. The van der Waals surface area contributed by atoms with Crippen LogP contribution in [-0.2, 0) is 7.05 Å². The Balaban J connectivity index is 1.58. The Morgan fingerprint density at radius 1 is 1.03 bits per heavy atom. The minimum absolute atomic E-state index is 0.408. The van der Waals surface area contributed by atoms with E-state index < -0.39 is 0 Å².